The van der Waals surface area contributed by atoms with Gasteiger partial charge in [0.15, 0.2) is 17.1 Å². The second kappa shape index (κ2) is 11.3. The number of carbonyl (C=O) groups excluding carboxylic acids is 2. The zero-order chi connectivity index (χ0) is 25.4. The van der Waals surface area contributed by atoms with Gasteiger partial charge in [-0.05, 0) is 42.5 Å². The molecule has 0 aliphatic heterocycles. The van der Waals surface area contributed by atoms with Gasteiger partial charge in [-0.3, -0.25) is 4.79 Å². The monoisotopic (exact) mass is 491 g/mol. The summed E-state index contributed by atoms with van der Waals surface area (Å²) in [6, 6.07) is 8.87. The topological polar surface area (TPSA) is 109 Å². The number of hydrogen-bond donors (Lipinski definition) is 1. The van der Waals surface area contributed by atoms with Crippen LogP contribution in [0.5, 0.6) is 17.2 Å². The minimum atomic E-state index is -4.68. The SMILES string of the molecule is COCCOC(=O)c1nccnc1C(=O)Nc1cc(C(F)(F)F)ccc1Oc1ccc(OC)cc1. The van der Waals surface area contributed by atoms with Gasteiger partial charge in [0.2, 0.25) is 0 Å². The second-order valence-corrected chi connectivity index (χ2v) is 6.82. The average Bonchev–Trinajstić information content (AvgIpc) is 2.85. The van der Waals surface area contributed by atoms with Crippen LogP contribution in [0.4, 0.5) is 18.9 Å². The highest BCUT2D eigenvalue weighted by Crippen LogP contribution is 2.37. The van der Waals surface area contributed by atoms with Crippen LogP contribution in [0.1, 0.15) is 26.5 Å². The van der Waals surface area contributed by atoms with E-state index < -0.39 is 35.0 Å². The van der Waals surface area contributed by atoms with E-state index in [0.717, 1.165) is 18.3 Å². The van der Waals surface area contributed by atoms with Gasteiger partial charge in [-0.25, -0.2) is 14.8 Å². The number of benzene rings is 2. The average molecular weight is 491 g/mol. The molecule has 0 aliphatic carbocycles. The van der Waals surface area contributed by atoms with Gasteiger partial charge in [-0.15, -0.1) is 0 Å². The summed E-state index contributed by atoms with van der Waals surface area (Å²) in [5, 5.41) is 2.32. The number of esters is 1. The number of nitrogens with zero attached hydrogens (tertiary/aromatic N) is 2. The molecule has 2 aromatic carbocycles. The van der Waals surface area contributed by atoms with Crippen molar-refractivity contribution in [2.45, 2.75) is 6.18 Å². The van der Waals surface area contributed by atoms with Gasteiger partial charge >= 0.3 is 12.1 Å². The number of rotatable bonds is 9. The van der Waals surface area contributed by atoms with E-state index in [-0.39, 0.29) is 30.4 Å². The first-order valence-corrected chi connectivity index (χ1v) is 10.0. The Morgan fingerprint density at radius 1 is 0.914 bits per heavy atom. The van der Waals surface area contributed by atoms with Gasteiger partial charge in [0.05, 0.1) is 25.0 Å². The molecule has 1 amide bonds. The number of alkyl halides is 3. The zero-order valence-electron chi connectivity index (χ0n) is 18.6. The summed E-state index contributed by atoms with van der Waals surface area (Å²) in [6.07, 6.45) is -2.35. The van der Waals surface area contributed by atoms with Crippen molar-refractivity contribution in [3.63, 3.8) is 0 Å². The predicted octanol–water partition coefficient (Wildman–Crippen LogP) is 4.35. The molecule has 3 aromatic rings. The summed E-state index contributed by atoms with van der Waals surface area (Å²) < 4.78 is 60.5. The fraction of sp³-hybridized carbons (Fsp3) is 0.217. The van der Waals surface area contributed by atoms with Crippen LogP contribution in [-0.4, -0.2) is 49.3 Å². The maximum Gasteiger partial charge on any atom is 0.416 e. The molecular formula is C23H20F3N3O6. The molecule has 0 bridgehead atoms. The summed E-state index contributed by atoms with van der Waals surface area (Å²) in [5.74, 6) is -1.19. The normalized spacial score (nSPS) is 11.0. The van der Waals surface area contributed by atoms with Gasteiger partial charge in [0.25, 0.3) is 5.91 Å². The number of ether oxygens (including phenoxy) is 4. The number of anilines is 1. The first-order valence-electron chi connectivity index (χ1n) is 10.0. The summed E-state index contributed by atoms with van der Waals surface area (Å²) in [6.45, 7) is 0.0181. The Balaban J connectivity index is 1.91. The largest absolute Gasteiger partial charge is 0.497 e. The Hall–Kier alpha value is -4.19. The second-order valence-electron chi connectivity index (χ2n) is 6.82. The third-order valence-corrected chi connectivity index (χ3v) is 4.47. The lowest BCUT2D eigenvalue weighted by Crippen LogP contribution is -2.22. The van der Waals surface area contributed by atoms with E-state index in [4.69, 9.17) is 18.9 Å². The minimum Gasteiger partial charge on any atom is -0.497 e. The Kier molecular flexibility index (Phi) is 8.21. The lowest BCUT2D eigenvalue weighted by Gasteiger charge is -2.16. The van der Waals surface area contributed by atoms with E-state index in [1.807, 2.05) is 0 Å². The molecule has 184 valence electrons. The maximum atomic E-state index is 13.3. The molecule has 0 spiro atoms. The van der Waals surface area contributed by atoms with Crippen LogP contribution < -0.4 is 14.8 Å². The van der Waals surface area contributed by atoms with E-state index >= 15 is 0 Å². The molecule has 0 unspecified atom stereocenters. The third kappa shape index (κ3) is 6.67. The summed E-state index contributed by atoms with van der Waals surface area (Å²) in [4.78, 5) is 32.9. The van der Waals surface area contributed by atoms with Crippen molar-refractivity contribution < 1.29 is 41.7 Å². The smallest absolute Gasteiger partial charge is 0.416 e. The predicted molar refractivity (Wildman–Crippen MR) is 117 cm³/mol. The van der Waals surface area contributed by atoms with Crippen molar-refractivity contribution in [3.8, 4) is 17.2 Å². The third-order valence-electron chi connectivity index (χ3n) is 4.47. The van der Waals surface area contributed by atoms with Crippen LogP contribution in [0.15, 0.2) is 54.9 Å². The number of carbonyl (C=O) groups is 2. The number of amides is 1. The Bertz CT molecular complexity index is 1190. The Morgan fingerprint density at radius 3 is 2.20 bits per heavy atom. The lowest BCUT2D eigenvalue weighted by atomic mass is 10.1. The van der Waals surface area contributed by atoms with E-state index in [9.17, 15) is 22.8 Å². The molecular weight excluding hydrogens is 471 g/mol. The van der Waals surface area contributed by atoms with E-state index in [0.29, 0.717) is 11.8 Å². The first-order chi connectivity index (χ1) is 16.7. The van der Waals surface area contributed by atoms with Crippen molar-refractivity contribution in [1.82, 2.24) is 9.97 Å². The molecule has 1 N–H and O–H groups in total. The van der Waals surface area contributed by atoms with Crippen LogP contribution in [-0.2, 0) is 15.7 Å². The molecule has 0 aliphatic rings. The minimum absolute atomic E-state index is 0.0790. The van der Waals surface area contributed by atoms with Crippen LogP contribution in [0.2, 0.25) is 0 Å². The van der Waals surface area contributed by atoms with E-state index in [2.05, 4.69) is 15.3 Å². The Morgan fingerprint density at radius 2 is 1.57 bits per heavy atom. The van der Waals surface area contributed by atoms with Crippen molar-refractivity contribution in [2.75, 3.05) is 32.8 Å². The number of methoxy groups -OCH3 is 2. The number of aromatic nitrogens is 2. The standard InChI is InChI=1S/C23H20F3N3O6/c1-32-11-12-34-22(31)20-19(27-9-10-28-20)21(30)29-17-13-14(23(24,25)26)3-8-18(17)35-16-6-4-15(33-2)5-7-16/h3-10,13H,11-12H2,1-2H3,(H,29,30). The highest BCUT2D eigenvalue weighted by molar-refractivity contribution is 6.09. The molecule has 0 saturated carbocycles. The summed E-state index contributed by atoms with van der Waals surface area (Å²) in [5.41, 5.74) is -2.17. The van der Waals surface area contributed by atoms with Crippen molar-refractivity contribution in [2.24, 2.45) is 0 Å². The summed E-state index contributed by atoms with van der Waals surface area (Å²) in [7, 11) is 2.89. The lowest BCUT2D eigenvalue weighted by molar-refractivity contribution is -0.137. The van der Waals surface area contributed by atoms with Gasteiger partial charge in [-0.2, -0.15) is 13.2 Å². The van der Waals surface area contributed by atoms with Crippen molar-refractivity contribution in [3.05, 3.63) is 71.8 Å². The van der Waals surface area contributed by atoms with Crippen molar-refractivity contribution in [1.29, 1.82) is 0 Å². The fourth-order valence-corrected chi connectivity index (χ4v) is 2.78. The molecule has 0 saturated heterocycles. The number of hydrogen-bond acceptors (Lipinski definition) is 8. The number of nitrogens with one attached hydrogen (secondary N) is 1. The molecule has 1 heterocycles. The van der Waals surface area contributed by atoms with Crippen LogP contribution in [0, 0.1) is 0 Å². The molecule has 0 radical (unpaired) electrons. The first kappa shape index (κ1) is 25.4. The van der Waals surface area contributed by atoms with Crippen LogP contribution in [0.3, 0.4) is 0 Å². The highest BCUT2D eigenvalue weighted by Gasteiger charge is 2.32. The molecule has 12 heteroatoms. The molecule has 3 rings (SSSR count). The highest BCUT2D eigenvalue weighted by atomic mass is 19.4. The van der Waals surface area contributed by atoms with Crippen molar-refractivity contribution >= 4 is 17.6 Å². The number of halogens is 3. The molecule has 35 heavy (non-hydrogen) atoms. The molecule has 1 aromatic heterocycles. The summed E-state index contributed by atoms with van der Waals surface area (Å²) >= 11 is 0. The zero-order valence-corrected chi connectivity index (χ0v) is 18.6. The van der Waals surface area contributed by atoms with E-state index in [1.165, 1.54) is 20.4 Å². The van der Waals surface area contributed by atoms with E-state index in [1.54, 1.807) is 24.3 Å². The maximum absolute atomic E-state index is 13.3. The Labute approximate surface area is 197 Å². The van der Waals surface area contributed by atoms with Crippen LogP contribution in [0.25, 0.3) is 0 Å². The van der Waals surface area contributed by atoms with Gasteiger partial charge in [0, 0.05) is 19.5 Å². The van der Waals surface area contributed by atoms with Gasteiger partial charge < -0.3 is 24.3 Å². The van der Waals surface area contributed by atoms with Gasteiger partial charge in [-0.1, -0.05) is 0 Å². The fourth-order valence-electron chi connectivity index (χ4n) is 2.78. The van der Waals surface area contributed by atoms with Gasteiger partial charge in [0.1, 0.15) is 18.1 Å². The molecule has 0 atom stereocenters. The molecule has 9 nitrogen and oxygen atoms in total. The quantitative estimate of drug-likeness (QED) is 0.348. The molecule has 0 fully saturated rings. The van der Waals surface area contributed by atoms with Crippen LogP contribution >= 0.6 is 0 Å².